The Labute approximate surface area is 96.1 Å². The lowest BCUT2D eigenvalue weighted by molar-refractivity contribution is 0.199. The molecule has 16 heavy (non-hydrogen) atoms. The van der Waals surface area contributed by atoms with Crippen LogP contribution in [0.1, 0.15) is 12.0 Å². The SMILES string of the molecule is COCCNCCC=Cc1cccc(F)c1. The number of hydrogen-bond acceptors (Lipinski definition) is 2. The Morgan fingerprint density at radius 2 is 2.25 bits per heavy atom. The van der Waals surface area contributed by atoms with Gasteiger partial charge in [0.05, 0.1) is 6.61 Å². The van der Waals surface area contributed by atoms with Crippen LogP contribution in [0.3, 0.4) is 0 Å². The predicted molar refractivity (Wildman–Crippen MR) is 64.8 cm³/mol. The van der Waals surface area contributed by atoms with Crippen molar-refractivity contribution in [1.82, 2.24) is 5.32 Å². The average Bonchev–Trinajstić information content (AvgIpc) is 2.28. The highest BCUT2D eigenvalue weighted by atomic mass is 19.1. The third kappa shape index (κ3) is 5.63. The molecule has 0 aromatic heterocycles. The minimum absolute atomic E-state index is 0.194. The van der Waals surface area contributed by atoms with Crippen LogP contribution in [0.15, 0.2) is 30.3 Å². The second kappa shape index (κ2) is 8.02. The molecule has 0 saturated carbocycles. The molecule has 0 atom stereocenters. The molecule has 1 aromatic carbocycles. The number of benzene rings is 1. The van der Waals surface area contributed by atoms with Crippen molar-refractivity contribution in [2.45, 2.75) is 6.42 Å². The van der Waals surface area contributed by atoms with Crippen molar-refractivity contribution in [3.8, 4) is 0 Å². The van der Waals surface area contributed by atoms with Gasteiger partial charge in [-0.15, -0.1) is 0 Å². The summed E-state index contributed by atoms with van der Waals surface area (Å²) in [6, 6.07) is 6.57. The van der Waals surface area contributed by atoms with Crippen LogP contribution in [0.5, 0.6) is 0 Å². The summed E-state index contributed by atoms with van der Waals surface area (Å²) in [5.74, 6) is -0.194. The standard InChI is InChI=1S/C13H18FNO/c1-16-10-9-15-8-3-2-5-12-6-4-7-13(14)11-12/h2,4-7,11,15H,3,8-10H2,1H3. The zero-order chi connectivity index (χ0) is 11.6. The van der Waals surface area contributed by atoms with Crippen molar-refractivity contribution >= 4 is 6.08 Å². The molecule has 0 bridgehead atoms. The summed E-state index contributed by atoms with van der Waals surface area (Å²) in [7, 11) is 1.69. The Kier molecular flexibility index (Phi) is 6.45. The first-order valence-corrected chi connectivity index (χ1v) is 5.44. The van der Waals surface area contributed by atoms with Crippen molar-refractivity contribution in [2.24, 2.45) is 0 Å². The van der Waals surface area contributed by atoms with E-state index >= 15 is 0 Å². The Morgan fingerprint density at radius 3 is 3.00 bits per heavy atom. The number of ether oxygens (including phenoxy) is 1. The summed E-state index contributed by atoms with van der Waals surface area (Å²) in [6.07, 6.45) is 4.90. The number of rotatable bonds is 7. The molecule has 1 rings (SSSR count). The van der Waals surface area contributed by atoms with Gasteiger partial charge in [-0.25, -0.2) is 4.39 Å². The van der Waals surface area contributed by atoms with Gasteiger partial charge in [-0.05, 0) is 30.7 Å². The maximum absolute atomic E-state index is 12.8. The van der Waals surface area contributed by atoms with Crippen molar-refractivity contribution in [2.75, 3.05) is 26.8 Å². The van der Waals surface area contributed by atoms with E-state index in [-0.39, 0.29) is 5.82 Å². The van der Waals surface area contributed by atoms with Gasteiger partial charge in [-0.1, -0.05) is 24.3 Å². The zero-order valence-electron chi connectivity index (χ0n) is 9.58. The highest BCUT2D eigenvalue weighted by Crippen LogP contribution is 2.05. The summed E-state index contributed by atoms with van der Waals surface area (Å²) in [6.45, 7) is 2.51. The molecular weight excluding hydrogens is 205 g/mol. The van der Waals surface area contributed by atoms with Crippen molar-refractivity contribution in [1.29, 1.82) is 0 Å². The van der Waals surface area contributed by atoms with Gasteiger partial charge >= 0.3 is 0 Å². The third-order valence-electron chi connectivity index (χ3n) is 2.13. The summed E-state index contributed by atoms with van der Waals surface area (Å²) in [4.78, 5) is 0. The van der Waals surface area contributed by atoms with E-state index in [1.165, 1.54) is 12.1 Å². The average molecular weight is 223 g/mol. The third-order valence-corrected chi connectivity index (χ3v) is 2.13. The van der Waals surface area contributed by atoms with E-state index in [1.54, 1.807) is 13.2 Å². The molecule has 0 spiro atoms. The molecule has 0 amide bonds. The molecule has 0 aliphatic heterocycles. The minimum Gasteiger partial charge on any atom is -0.383 e. The van der Waals surface area contributed by atoms with E-state index in [0.29, 0.717) is 0 Å². The summed E-state index contributed by atoms with van der Waals surface area (Å²) < 4.78 is 17.7. The van der Waals surface area contributed by atoms with Crippen LogP contribution in [0.4, 0.5) is 4.39 Å². The van der Waals surface area contributed by atoms with Gasteiger partial charge in [0, 0.05) is 13.7 Å². The Bertz CT molecular complexity index is 325. The smallest absolute Gasteiger partial charge is 0.123 e. The normalized spacial score (nSPS) is 11.1. The van der Waals surface area contributed by atoms with Crippen LogP contribution in [0.2, 0.25) is 0 Å². The highest BCUT2D eigenvalue weighted by molar-refractivity contribution is 5.48. The molecule has 0 aliphatic rings. The quantitative estimate of drug-likeness (QED) is 0.717. The molecule has 88 valence electrons. The maximum Gasteiger partial charge on any atom is 0.123 e. The first-order chi connectivity index (χ1) is 7.83. The fraction of sp³-hybridized carbons (Fsp3) is 0.385. The number of halogens is 1. The topological polar surface area (TPSA) is 21.3 Å². The van der Waals surface area contributed by atoms with Gasteiger partial charge < -0.3 is 10.1 Å². The lowest BCUT2D eigenvalue weighted by Crippen LogP contribution is -2.19. The van der Waals surface area contributed by atoms with Crippen molar-refractivity contribution in [3.05, 3.63) is 41.7 Å². The van der Waals surface area contributed by atoms with Crippen LogP contribution >= 0.6 is 0 Å². The minimum atomic E-state index is -0.194. The maximum atomic E-state index is 12.8. The van der Waals surface area contributed by atoms with E-state index in [4.69, 9.17) is 4.74 Å². The van der Waals surface area contributed by atoms with Crippen LogP contribution in [-0.2, 0) is 4.74 Å². The van der Waals surface area contributed by atoms with Crippen LogP contribution in [-0.4, -0.2) is 26.8 Å². The summed E-state index contributed by atoms with van der Waals surface area (Å²) in [5.41, 5.74) is 0.900. The molecule has 0 heterocycles. The monoisotopic (exact) mass is 223 g/mol. The van der Waals surface area contributed by atoms with Gasteiger partial charge in [-0.3, -0.25) is 0 Å². The van der Waals surface area contributed by atoms with E-state index in [2.05, 4.69) is 5.32 Å². The summed E-state index contributed by atoms with van der Waals surface area (Å²) >= 11 is 0. The van der Waals surface area contributed by atoms with E-state index in [0.717, 1.165) is 31.7 Å². The Morgan fingerprint density at radius 1 is 1.38 bits per heavy atom. The molecule has 0 radical (unpaired) electrons. The first kappa shape index (κ1) is 12.9. The molecule has 1 aromatic rings. The molecule has 0 aliphatic carbocycles. The van der Waals surface area contributed by atoms with Gasteiger partial charge in [-0.2, -0.15) is 0 Å². The molecule has 0 fully saturated rings. The van der Waals surface area contributed by atoms with E-state index in [1.807, 2.05) is 18.2 Å². The molecule has 0 unspecified atom stereocenters. The Hall–Kier alpha value is -1.19. The van der Waals surface area contributed by atoms with Gasteiger partial charge in [0.25, 0.3) is 0 Å². The second-order valence-electron chi connectivity index (χ2n) is 3.49. The molecule has 3 heteroatoms. The molecule has 1 N–H and O–H groups in total. The number of nitrogens with one attached hydrogen (secondary N) is 1. The summed E-state index contributed by atoms with van der Waals surface area (Å²) in [5, 5.41) is 3.23. The van der Waals surface area contributed by atoms with Gasteiger partial charge in [0.2, 0.25) is 0 Å². The largest absolute Gasteiger partial charge is 0.383 e. The second-order valence-corrected chi connectivity index (χ2v) is 3.49. The van der Waals surface area contributed by atoms with Gasteiger partial charge in [0.1, 0.15) is 5.82 Å². The first-order valence-electron chi connectivity index (χ1n) is 5.44. The highest BCUT2D eigenvalue weighted by Gasteiger charge is 1.89. The van der Waals surface area contributed by atoms with Crippen LogP contribution in [0.25, 0.3) is 6.08 Å². The van der Waals surface area contributed by atoms with E-state index in [9.17, 15) is 4.39 Å². The lowest BCUT2D eigenvalue weighted by atomic mass is 10.2. The van der Waals surface area contributed by atoms with Crippen molar-refractivity contribution in [3.63, 3.8) is 0 Å². The molecule has 2 nitrogen and oxygen atoms in total. The molecular formula is C13H18FNO. The molecule has 0 saturated heterocycles. The lowest BCUT2D eigenvalue weighted by Gasteiger charge is -2.00. The predicted octanol–water partition coefficient (Wildman–Crippen LogP) is 2.47. The fourth-order valence-corrected chi connectivity index (χ4v) is 1.31. The fourth-order valence-electron chi connectivity index (χ4n) is 1.31. The zero-order valence-corrected chi connectivity index (χ0v) is 9.58. The van der Waals surface area contributed by atoms with Gasteiger partial charge in [0.15, 0.2) is 0 Å². The number of methoxy groups -OCH3 is 1. The number of hydrogen-bond donors (Lipinski definition) is 1. The van der Waals surface area contributed by atoms with E-state index < -0.39 is 0 Å². The van der Waals surface area contributed by atoms with Crippen LogP contribution in [0, 0.1) is 5.82 Å². The van der Waals surface area contributed by atoms with Crippen LogP contribution < -0.4 is 5.32 Å². The Balaban J connectivity index is 2.17. The van der Waals surface area contributed by atoms with Crippen molar-refractivity contribution < 1.29 is 9.13 Å².